The molecule has 1 fully saturated rings. The van der Waals surface area contributed by atoms with Crippen LogP contribution in [0.1, 0.15) is 58.6 Å². The van der Waals surface area contributed by atoms with Gasteiger partial charge in [-0.3, -0.25) is 4.90 Å². The van der Waals surface area contributed by atoms with Crippen molar-refractivity contribution in [1.29, 1.82) is 0 Å². The molecule has 3 rings (SSSR count). The van der Waals surface area contributed by atoms with Crippen LogP contribution >= 0.6 is 0 Å². The molecule has 2 aliphatic heterocycles. The number of sulfonamides is 1. The molecule has 0 spiro atoms. The first-order valence-electron chi connectivity index (χ1n) is 10.0. The van der Waals surface area contributed by atoms with Gasteiger partial charge in [-0.2, -0.15) is 0 Å². The Morgan fingerprint density at radius 1 is 1.27 bits per heavy atom. The van der Waals surface area contributed by atoms with E-state index >= 15 is 0 Å². The highest BCUT2D eigenvalue weighted by Crippen LogP contribution is 2.46. The Morgan fingerprint density at radius 3 is 2.50 bits per heavy atom. The van der Waals surface area contributed by atoms with Crippen LogP contribution < -0.4 is 4.72 Å². The summed E-state index contributed by atoms with van der Waals surface area (Å²) in [5.74, 6) is -0.810. The predicted molar refractivity (Wildman–Crippen MR) is 114 cm³/mol. The molecule has 1 N–H and O–H groups in total. The number of benzene rings is 1. The van der Waals surface area contributed by atoms with E-state index in [1.54, 1.807) is 25.7 Å². The van der Waals surface area contributed by atoms with Gasteiger partial charge in [0.05, 0.1) is 22.9 Å². The van der Waals surface area contributed by atoms with Crippen molar-refractivity contribution in [2.75, 3.05) is 12.8 Å². The van der Waals surface area contributed by atoms with E-state index in [-0.39, 0.29) is 5.75 Å². The molecule has 2 unspecified atom stereocenters. The van der Waals surface area contributed by atoms with Gasteiger partial charge in [0.25, 0.3) is 0 Å². The molecule has 2 heterocycles. The zero-order valence-corrected chi connectivity index (χ0v) is 19.5. The fraction of sp³-hybridized carbons (Fsp3) is 0.650. The van der Waals surface area contributed by atoms with Crippen LogP contribution in [0.4, 0.5) is 4.79 Å². The van der Waals surface area contributed by atoms with Gasteiger partial charge in [0.1, 0.15) is 5.60 Å². The standard InChI is InChI=1S/C20H31BN2O6S/c1-18(2,3)27-17(24)23-12-14-10-8-9-11-15(14)16(23)21-28-19(4,5)20(6,29-21)13-30(25,26)22-7/h8-11,16,22H,12-13H2,1-7H3. The van der Waals surface area contributed by atoms with E-state index in [2.05, 4.69) is 4.72 Å². The van der Waals surface area contributed by atoms with Crippen LogP contribution in [-0.4, -0.2) is 56.1 Å². The van der Waals surface area contributed by atoms with Gasteiger partial charge in [0, 0.05) is 6.54 Å². The number of ether oxygens (including phenoxy) is 1. The van der Waals surface area contributed by atoms with E-state index < -0.39 is 46.0 Å². The molecule has 30 heavy (non-hydrogen) atoms. The summed E-state index contributed by atoms with van der Waals surface area (Å²) in [6.45, 7) is 11.1. The van der Waals surface area contributed by atoms with Gasteiger partial charge < -0.3 is 14.0 Å². The summed E-state index contributed by atoms with van der Waals surface area (Å²) >= 11 is 0. The third-order valence-corrected chi connectivity index (χ3v) is 7.33. The summed E-state index contributed by atoms with van der Waals surface area (Å²) in [5, 5.41) is 0. The molecule has 0 radical (unpaired) electrons. The number of amides is 1. The number of fused-ring (bicyclic) bond motifs is 1. The van der Waals surface area contributed by atoms with Crippen LogP contribution in [0.25, 0.3) is 0 Å². The van der Waals surface area contributed by atoms with Gasteiger partial charge in [-0.05, 0) is 59.7 Å². The Bertz CT molecular complexity index is 929. The lowest BCUT2D eigenvalue weighted by Crippen LogP contribution is -2.51. The first-order valence-corrected chi connectivity index (χ1v) is 11.7. The van der Waals surface area contributed by atoms with Gasteiger partial charge in [0.15, 0.2) is 0 Å². The van der Waals surface area contributed by atoms with E-state index in [1.165, 1.54) is 7.05 Å². The molecule has 1 aromatic rings. The molecule has 1 amide bonds. The van der Waals surface area contributed by atoms with Crippen molar-refractivity contribution < 1.29 is 27.3 Å². The predicted octanol–water partition coefficient (Wildman–Crippen LogP) is 2.64. The molecule has 1 aromatic carbocycles. The second kappa shape index (κ2) is 7.51. The molecule has 166 valence electrons. The average Bonchev–Trinajstić information content (AvgIpc) is 3.08. The van der Waals surface area contributed by atoms with E-state index in [4.69, 9.17) is 14.0 Å². The average molecular weight is 438 g/mol. The highest BCUT2D eigenvalue weighted by atomic mass is 32.2. The van der Waals surface area contributed by atoms with Crippen LogP contribution in [0.3, 0.4) is 0 Å². The second-order valence-electron chi connectivity index (χ2n) is 9.56. The number of carbonyl (C=O) groups is 1. The van der Waals surface area contributed by atoms with Crippen molar-refractivity contribution in [1.82, 2.24) is 9.62 Å². The highest BCUT2D eigenvalue weighted by Gasteiger charge is 2.60. The lowest BCUT2D eigenvalue weighted by molar-refractivity contribution is 0.00823. The third-order valence-electron chi connectivity index (χ3n) is 5.77. The normalized spacial score (nSPS) is 26.0. The van der Waals surface area contributed by atoms with Crippen LogP contribution in [0.5, 0.6) is 0 Å². The van der Waals surface area contributed by atoms with Gasteiger partial charge in [-0.25, -0.2) is 17.9 Å². The number of rotatable bonds is 4. The number of hydrogen-bond donors (Lipinski definition) is 1. The van der Waals surface area contributed by atoms with Crippen LogP contribution in [0.2, 0.25) is 0 Å². The molecule has 2 atom stereocenters. The van der Waals surface area contributed by atoms with Gasteiger partial charge in [-0.15, -0.1) is 0 Å². The number of hydrogen-bond acceptors (Lipinski definition) is 6. The smallest absolute Gasteiger partial charge is 0.444 e. The number of nitrogens with one attached hydrogen (secondary N) is 1. The molecule has 1 saturated heterocycles. The Morgan fingerprint density at radius 2 is 1.90 bits per heavy atom. The Balaban J connectivity index is 1.96. The van der Waals surface area contributed by atoms with Crippen molar-refractivity contribution in [3.63, 3.8) is 0 Å². The molecule has 0 aromatic heterocycles. The van der Waals surface area contributed by atoms with Gasteiger partial charge in [0.2, 0.25) is 10.0 Å². The minimum atomic E-state index is -3.55. The molecular formula is C20H31BN2O6S. The highest BCUT2D eigenvalue weighted by molar-refractivity contribution is 7.89. The quantitative estimate of drug-likeness (QED) is 0.727. The summed E-state index contributed by atoms with van der Waals surface area (Å²) in [5.41, 5.74) is -0.780. The van der Waals surface area contributed by atoms with E-state index in [0.717, 1.165) is 11.1 Å². The van der Waals surface area contributed by atoms with Gasteiger partial charge >= 0.3 is 13.2 Å². The summed E-state index contributed by atoms with van der Waals surface area (Å²) in [4.78, 5) is 14.6. The fourth-order valence-corrected chi connectivity index (χ4v) is 5.10. The van der Waals surface area contributed by atoms with Crippen molar-refractivity contribution >= 4 is 23.2 Å². The minimum absolute atomic E-state index is 0.263. The van der Waals surface area contributed by atoms with E-state index in [9.17, 15) is 13.2 Å². The molecule has 2 aliphatic rings. The Labute approximate surface area is 179 Å². The first kappa shape index (κ1) is 23.1. The maximum atomic E-state index is 13.0. The molecule has 0 aliphatic carbocycles. The van der Waals surface area contributed by atoms with Crippen molar-refractivity contribution in [2.24, 2.45) is 0 Å². The maximum absolute atomic E-state index is 13.0. The summed E-state index contributed by atoms with van der Waals surface area (Å²) in [7, 11) is -3.02. The fourth-order valence-electron chi connectivity index (χ4n) is 3.82. The summed E-state index contributed by atoms with van der Waals surface area (Å²) < 4.78 is 45.0. The zero-order chi connectivity index (χ0) is 22.5. The van der Waals surface area contributed by atoms with E-state index in [0.29, 0.717) is 6.54 Å². The van der Waals surface area contributed by atoms with Crippen LogP contribution in [0, 0.1) is 0 Å². The summed E-state index contributed by atoms with van der Waals surface area (Å²) in [6.07, 6.45) is -0.467. The largest absolute Gasteiger partial charge is 0.487 e. The lowest BCUT2D eigenvalue weighted by atomic mass is 9.74. The zero-order valence-electron chi connectivity index (χ0n) is 18.7. The first-order chi connectivity index (χ1) is 13.7. The molecule has 8 nitrogen and oxygen atoms in total. The minimum Gasteiger partial charge on any atom is -0.444 e. The van der Waals surface area contributed by atoms with Gasteiger partial charge in [-0.1, -0.05) is 24.3 Å². The maximum Gasteiger partial charge on any atom is 0.487 e. The topological polar surface area (TPSA) is 94.2 Å². The monoisotopic (exact) mass is 438 g/mol. The number of nitrogens with zero attached hydrogens (tertiary/aromatic N) is 1. The SMILES string of the molecule is CNS(=O)(=O)CC1(C)OB(C2c3ccccc3CN2C(=O)OC(C)(C)C)OC1(C)C. The van der Waals surface area contributed by atoms with Crippen molar-refractivity contribution in [3.8, 4) is 0 Å². The number of carbonyl (C=O) groups excluding carboxylic acids is 1. The van der Waals surface area contributed by atoms with Crippen LogP contribution in [0.15, 0.2) is 24.3 Å². The molecule has 0 saturated carbocycles. The Kier molecular flexibility index (Phi) is 5.77. The molecule has 10 heteroatoms. The Hall–Kier alpha value is -1.62. The van der Waals surface area contributed by atoms with Crippen molar-refractivity contribution in [3.05, 3.63) is 35.4 Å². The third kappa shape index (κ3) is 4.37. The van der Waals surface area contributed by atoms with E-state index in [1.807, 2.05) is 45.0 Å². The molecular weight excluding hydrogens is 407 g/mol. The van der Waals surface area contributed by atoms with Crippen LogP contribution in [-0.2, 0) is 30.6 Å². The van der Waals surface area contributed by atoms with Crippen molar-refractivity contribution in [2.45, 2.75) is 70.8 Å². The summed E-state index contributed by atoms with van der Waals surface area (Å²) in [6, 6.07) is 7.70. The lowest BCUT2D eigenvalue weighted by Gasteiger charge is -2.35. The molecule has 0 bridgehead atoms. The second-order valence-corrected chi connectivity index (χ2v) is 11.5.